The summed E-state index contributed by atoms with van der Waals surface area (Å²) in [5, 5.41) is 5.76. The highest BCUT2D eigenvalue weighted by Gasteiger charge is 2.29. The molecule has 1 heterocycles. The summed E-state index contributed by atoms with van der Waals surface area (Å²) in [6, 6.07) is 12.9. The lowest BCUT2D eigenvalue weighted by Gasteiger charge is -2.23. The van der Waals surface area contributed by atoms with Gasteiger partial charge in [0.15, 0.2) is 0 Å². The number of amides is 2. The average Bonchev–Trinajstić information content (AvgIpc) is 2.61. The van der Waals surface area contributed by atoms with Gasteiger partial charge in [-0.25, -0.2) is 0 Å². The second kappa shape index (κ2) is 8.78. The van der Waals surface area contributed by atoms with Crippen molar-refractivity contribution in [2.45, 2.75) is 43.1 Å². The highest BCUT2D eigenvalue weighted by Crippen LogP contribution is 2.38. The zero-order valence-electron chi connectivity index (χ0n) is 15.1. The topological polar surface area (TPSA) is 67.4 Å². The van der Waals surface area contributed by atoms with Crippen molar-refractivity contribution in [3.05, 3.63) is 53.1 Å². The van der Waals surface area contributed by atoms with Crippen molar-refractivity contribution in [1.29, 1.82) is 0 Å². The summed E-state index contributed by atoms with van der Waals surface area (Å²) in [5.41, 5.74) is 2.36. The van der Waals surface area contributed by atoms with E-state index < -0.39 is 5.25 Å². The van der Waals surface area contributed by atoms with Crippen molar-refractivity contribution in [3.8, 4) is 0 Å². The Labute approximate surface area is 167 Å². The molecular formula is C20H21ClN2O3S. The summed E-state index contributed by atoms with van der Waals surface area (Å²) < 4.78 is 5.59. The van der Waals surface area contributed by atoms with Gasteiger partial charge in [0.1, 0.15) is 0 Å². The molecule has 0 saturated carbocycles. The molecule has 142 valence electrons. The second-order valence-electron chi connectivity index (χ2n) is 6.55. The van der Waals surface area contributed by atoms with E-state index in [-0.39, 0.29) is 24.3 Å². The SMILES string of the molecule is CC(C)OCc1cccc(NC(=O)CC2Sc3ccc(Cl)cc3NC2=O)c1. The van der Waals surface area contributed by atoms with E-state index in [1.807, 2.05) is 44.2 Å². The third kappa shape index (κ3) is 5.48. The van der Waals surface area contributed by atoms with Crippen molar-refractivity contribution in [1.82, 2.24) is 0 Å². The van der Waals surface area contributed by atoms with Crippen LogP contribution in [0.3, 0.4) is 0 Å². The zero-order chi connectivity index (χ0) is 19.4. The van der Waals surface area contributed by atoms with Crippen molar-refractivity contribution in [3.63, 3.8) is 0 Å². The fraction of sp³-hybridized carbons (Fsp3) is 0.300. The minimum atomic E-state index is -0.480. The average molecular weight is 405 g/mol. The molecule has 0 spiro atoms. The first-order valence-electron chi connectivity index (χ1n) is 8.68. The molecule has 0 bridgehead atoms. The van der Waals surface area contributed by atoms with E-state index in [9.17, 15) is 9.59 Å². The van der Waals surface area contributed by atoms with Crippen molar-refractivity contribution < 1.29 is 14.3 Å². The van der Waals surface area contributed by atoms with Crippen molar-refractivity contribution in [2.24, 2.45) is 0 Å². The standard InChI is InChI=1S/C20H21ClN2O3S/c1-12(2)26-11-13-4-3-5-15(8-13)22-19(24)10-18-20(25)23-16-9-14(21)6-7-17(16)27-18/h3-9,12,18H,10-11H2,1-2H3,(H,22,24)(H,23,25). The molecule has 0 aromatic heterocycles. The number of benzene rings is 2. The Morgan fingerprint density at radius 3 is 2.89 bits per heavy atom. The molecule has 7 heteroatoms. The van der Waals surface area contributed by atoms with Crippen LogP contribution in [0.4, 0.5) is 11.4 Å². The van der Waals surface area contributed by atoms with Gasteiger partial charge >= 0.3 is 0 Å². The monoisotopic (exact) mass is 404 g/mol. The summed E-state index contributed by atoms with van der Waals surface area (Å²) in [5.74, 6) is -0.397. The summed E-state index contributed by atoms with van der Waals surface area (Å²) in [6.45, 7) is 4.44. The third-order valence-electron chi connectivity index (χ3n) is 3.93. The molecule has 2 N–H and O–H groups in total. The lowest BCUT2D eigenvalue weighted by molar-refractivity contribution is -0.120. The molecule has 1 aliphatic heterocycles. The fourth-order valence-corrected chi connectivity index (χ4v) is 3.90. The van der Waals surface area contributed by atoms with Gasteiger partial charge < -0.3 is 15.4 Å². The first kappa shape index (κ1) is 19.7. The molecule has 1 unspecified atom stereocenters. The number of fused-ring (bicyclic) bond motifs is 1. The van der Waals surface area contributed by atoms with Crippen LogP contribution in [-0.2, 0) is 20.9 Å². The molecule has 27 heavy (non-hydrogen) atoms. The molecule has 2 aromatic rings. The molecule has 0 fully saturated rings. The lowest BCUT2D eigenvalue weighted by atomic mass is 10.2. The van der Waals surface area contributed by atoms with Gasteiger partial charge in [-0.2, -0.15) is 0 Å². The van der Waals surface area contributed by atoms with Crippen LogP contribution in [0.25, 0.3) is 0 Å². The summed E-state index contributed by atoms with van der Waals surface area (Å²) in [7, 11) is 0. The number of ether oxygens (including phenoxy) is 1. The van der Waals surface area contributed by atoms with Gasteiger partial charge in [0.2, 0.25) is 11.8 Å². The van der Waals surface area contributed by atoms with E-state index in [1.165, 1.54) is 11.8 Å². The Bertz CT molecular complexity index is 857. The number of carbonyl (C=O) groups excluding carboxylic acids is 2. The van der Waals surface area contributed by atoms with Crippen LogP contribution >= 0.6 is 23.4 Å². The third-order valence-corrected chi connectivity index (χ3v) is 5.44. The van der Waals surface area contributed by atoms with E-state index in [0.29, 0.717) is 23.0 Å². The number of thioether (sulfide) groups is 1. The molecule has 3 rings (SSSR count). The maximum atomic E-state index is 12.4. The largest absolute Gasteiger partial charge is 0.374 e. The predicted octanol–water partition coefficient (Wildman–Crippen LogP) is 4.71. The van der Waals surface area contributed by atoms with Crippen LogP contribution in [0.2, 0.25) is 5.02 Å². The van der Waals surface area contributed by atoms with E-state index in [4.69, 9.17) is 16.3 Å². The Morgan fingerprint density at radius 2 is 2.11 bits per heavy atom. The molecule has 0 saturated heterocycles. The van der Waals surface area contributed by atoms with Crippen LogP contribution in [0.15, 0.2) is 47.4 Å². The number of hydrogen-bond acceptors (Lipinski definition) is 4. The molecule has 1 aliphatic rings. The second-order valence-corrected chi connectivity index (χ2v) is 8.23. The Balaban J connectivity index is 1.60. The van der Waals surface area contributed by atoms with Gasteiger partial charge in [-0.1, -0.05) is 23.7 Å². The number of nitrogens with one attached hydrogen (secondary N) is 2. The van der Waals surface area contributed by atoms with Crippen LogP contribution in [-0.4, -0.2) is 23.2 Å². The molecule has 2 amide bonds. The van der Waals surface area contributed by atoms with Crippen LogP contribution < -0.4 is 10.6 Å². The minimum absolute atomic E-state index is 0.0886. The van der Waals surface area contributed by atoms with Gasteiger partial charge in [0.05, 0.1) is 23.6 Å². The van der Waals surface area contributed by atoms with Crippen molar-refractivity contribution >= 4 is 46.6 Å². The molecule has 0 aliphatic carbocycles. The molecule has 5 nitrogen and oxygen atoms in total. The predicted molar refractivity (Wildman–Crippen MR) is 109 cm³/mol. The first-order valence-corrected chi connectivity index (χ1v) is 9.94. The van der Waals surface area contributed by atoms with Gasteiger partial charge in [-0.3, -0.25) is 9.59 Å². The number of halogens is 1. The minimum Gasteiger partial charge on any atom is -0.374 e. The summed E-state index contributed by atoms with van der Waals surface area (Å²) in [4.78, 5) is 25.6. The van der Waals surface area contributed by atoms with Crippen molar-refractivity contribution in [2.75, 3.05) is 10.6 Å². The van der Waals surface area contributed by atoms with Gasteiger partial charge in [-0.05, 0) is 49.7 Å². The molecule has 2 aromatic carbocycles. The van der Waals surface area contributed by atoms with Gasteiger partial charge in [0, 0.05) is 22.0 Å². The first-order chi connectivity index (χ1) is 12.9. The van der Waals surface area contributed by atoms with Gasteiger partial charge in [-0.15, -0.1) is 11.8 Å². The summed E-state index contributed by atoms with van der Waals surface area (Å²) in [6.07, 6.45) is 0.230. The van der Waals surface area contributed by atoms with E-state index in [0.717, 1.165) is 10.5 Å². The van der Waals surface area contributed by atoms with Crippen LogP contribution in [0.1, 0.15) is 25.8 Å². The zero-order valence-corrected chi connectivity index (χ0v) is 16.7. The lowest BCUT2D eigenvalue weighted by Crippen LogP contribution is -2.32. The smallest absolute Gasteiger partial charge is 0.238 e. The maximum absolute atomic E-state index is 12.4. The van der Waals surface area contributed by atoms with E-state index in [2.05, 4.69) is 10.6 Å². The van der Waals surface area contributed by atoms with Crippen LogP contribution in [0, 0.1) is 0 Å². The highest BCUT2D eigenvalue weighted by molar-refractivity contribution is 8.01. The summed E-state index contributed by atoms with van der Waals surface area (Å²) >= 11 is 7.33. The fourth-order valence-electron chi connectivity index (χ4n) is 2.64. The number of rotatable bonds is 6. The van der Waals surface area contributed by atoms with Gasteiger partial charge in [0.25, 0.3) is 0 Å². The normalized spacial score (nSPS) is 16.0. The van der Waals surface area contributed by atoms with Crippen LogP contribution in [0.5, 0.6) is 0 Å². The molecular weight excluding hydrogens is 384 g/mol. The molecule has 0 radical (unpaired) electrons. The van der Waals surface area contributed by atoms with E-state index in [1.54, 1.807) is 12.1 Å². The Morgan fingerprint density at radius 1 is 1.30 bits per heavy atom. The quantitative estimate of drug-likeness (QED) is 0.731. The molecule has 1 atom stereocenters. The Hall–Kier alpha value is -2.02. The Kier molecular flexibility index (Phi) is 6.42. The maximum Gasteiger partial charge on any atom is 0.238 e. The van der Waals surface area contributed by atoms with E-state index >= 15 is 0 Å². The number of anilines is 2. The number of hydrogen-bond donors (Lipinski definition) is 2. The number of carbonyl (C=O) groups is 2. The highest BCUT2D eigenvalue weighted by atomic mass is 35.5.